The summed E-state index contributed by atoms with van der Waals surface area (Å²) in [6.07, 6.45) is 6.94. The second-order valence-corrected chi connectivity index (χ2v) is 5.64. The van der Waals surface area contributed by atoms with Crippen LogP contribution in [0, 0.1) is 5.92 Å². The second-order valence-electron chi connectivity index (χ2n) is 5.64. The molecular formula is C15H19N7O. The van der Waals surface area contributed by atoms with E-state index < -0.39 is 0 Å². The molecule has 0 aliphatic heterocycles. The van der Waals surface area contributed by atoms with Gasteiger partial charge in [0.05, 0.1) is 17.7 Å². The molecule has 3 aromatic rings. The van der Waals surface area contributed by atoms with Gasteiger partial charge in [0.2, 0.25) is 0 Å². The fourth-order valence-corrected chi connectivity index (χ4v) is 2.47. The first kappa shape index (κ1) is 15.3. The molecule has 120 valence electrons. The normalized spacial score (nSPS) is 13.9. The Kier molecular flexibility index (Phi) is 4.42. The summed E-state index contributed by atoms with van der Waals surface area (Å²) >= 11 is 0. The molecule has 0 spiro atoms. The molecule has 2 atom stereocenters. The standard InChI is InChI=1S/C15H19N7O/c1-10(6-11(2)23)7-18-13-12-8-21-22(14(12)20-9-19-13)15-16-4-3-5-17-15/h3-5,8-11,23H,6-7H2,1-2H3,(H,18,19,20). The van der Waals surface area contributed by atoms with Crippen LogP contribution in [0.3, 0.4) is 0 Å². The molecule has 0 aromatic carbocycles. The van der Waals surface area contributed by atoms with Crippen LogP contribution in [0.2, 0.25) is 0 Å². The summed E-state index contributed by atoms with van der Waals surface area (Å²) in [4.78, 5) is 16.9. The first-order valence-electron chi connectivity index (χ1n) is 7.53. The van der Waals surface area contributed by atoms with Gasteiger partial charge in [-0.3, -0.25) is 0 Å². The molecule has 0 bridgehead atoms. The Morgan fingerprint density at radius 3 is 2.70 bits per heavy atom. The number of aromatic nitrogens is 6. The quantitative estimate of drug-likeness (QED) is 0.709. The predicted octanol–water partition coefficient (Wildman–Crippen LogP) is 1.42. The van der Waals surface area contributed by atoms with Crippen LogP contribution in [0.25, 0.3) is 17.0 Å². The Hall–Kier alpha value is -2.61. The molecule has 3 aromatic heterocycles. The molecule has 0 aliphatic rings. The number of hydrogen-bond acceptors (Lipinski definition) is 7. The van der Waals surface area contributed by atoms with Gasteiger partial charge in [-0.15, -0.1) is 0 Å². The van der Waals surface area contributed by atoms with Crippen molar-refractivity contribution in [1.82, 2.24) is 29.7 Å². The van der Waals surface area contributed by atoms with E-state index in [1.807, 2.05) is 0 Å². The van der Waals surface area contributed by atoms with E-state index in [0.29, 0.717) is 24.1 Å². The summed E-state index contributed by atoms with van der Waals surface area (Å²) in [7, 11) is 0. The van der Waals surface area contributed by atoms with Gasteiger partial charge in [0, 0.05) is 18.9 Å². The van der Waals surface area contributed by atoms with Crippen molar-refractivity contribution >= 4 is 16.9 Å². The number of anilines is 1. The molecule has 2 N–H and O–H groups in total. The summed E-state index contributed by atoms with van der Waals surface area (Å²) in [6.45, 7) is 4.59. The van der Waals surface area contributed by atoms with Gasteiger partial charge in [0.25, 0.3) is 5.95 Å². The summed E-state index contributed by atoms with van der Waals surface area (Å²) in [5.74, 6) is 1.51. The topological polar surface area (TPSA) is 102 Å². The van der Waals surface area contributed by atoms with Crippen LogP contribution in [-0.2, 0) is 0 Å². The van der Waals surface area contributed by atoms with Crippen molar-refractivity contribution in [2.75, 3.05) is 11.9 Å². The average molecular weight is 313 g/mol. The number of aliphatic hydroxyl groups is 1. The predicted molar refractivity (Wildman–Crippen MR) is 86.2 cm³/mol. The molecule has 0 radical (unpaired) electrons. The Morgan fingerprint density at radius 2 is 1.96 bits per heavy atom. The van der Waals surface area contributed by atoms with E-state index in [0.717, 1.165) is 17.6 Å². The fourth-order valence-electron chi connectivity index (χ4n) is 2.47. The van der Waals surface area contributed by atoms with Crippen LogP contribution in [-0.4, -0.2) is 47.5 Å². The summed E-state index contributed by atoms with van der Waals surface area (Å²) in [6, 6.07) is 1.75. The average Bonchev–Trinajstić information content (AvgIpc) is 2.97. The van der Waals surface area contributed by atoms with E-state index in [4.69, 9.17) is 0 Å². The van der Waals surface area contributed by atoms with Gasteiger partial charge in [-0.2, -0.15) is 9.78 Å². The largest absolute Gasteiger partial charge is 0.393 e. The number of fused-ring (bicyclic) bond motifs is 1. The van der Waals surface area contributed by atoms with Crippen molar-refractivity contribution in [3.8, 4) is 5.95 Å². The zero-order chi connectivity index (χ0) is 16.2. The van der Waals surface area contributed by atoms with E-state index in [1.54, 1.807) is 36.3 Å². The molecule has 3 rings (SSSR count). The monoisotopic (exact) mass is 313 g/mol. The van der Waals surface area contributed by atoms with Gasteiger partial charge in [-0.25, -0.2) is 19.9 Å². The first-order chi connectivity index (χ1) is 11.1. The minimum Gasteiger partial charge on any atom is -0.393 e. The maximum atomic E-state index is 9.44. The highest BCUT2D eigenvalue weighted by atomic mass is 16.3. The van der Waals surface area contributed by atoms with Crippen molar-refractivity contribution in [3.63, 3.8) is 0 Å². The Bertz CT molecular complexity index is 772. The van der Waals surface area contributed by atoms with Crippen molar-refractivity contribution in [2.24, 2.45) is 5.92 Å². The van der Waals surface area contributed by atoms with Crippen LogP contribution >= 0.6 is 0 Å². The van der Waals surface area contributed by atoms with Crippen LogP contribution < -0.4 is 5.32 Å². The number of nitrogens with one attached hydrogen (secondary N) is 1. The zero-order valence-corrected chi connectivity index (χ0v) is 13.1. The van der Waals surface area contributed by atoms with Gasteiger partial charge >= 0.3 is 0 Å². The Balaban J connectivity index is 1.84. The third-order valence-corrected chi connectivity index (χ3v) is 3.47. The van der Waals surface area contributed by atoms with E-state index in [1.165, 1.54) is 6.33 Å². The minimum absolute atomic E-state index is 0.310. The molecule has 0 amide bonds. The summed E-state index contributed by atoms with van der Waals surface area (Å²) in [5, 5.41) is 17.9. The number of rotatable bonds is 6. The van der Waals surface area contributed by atoms with E-state index in [-0.39, 0.29) is 6.10 Å². The van der Waals surface area contributed by atoms with E-state index >= 15 is 0 Å². The number of nitrogens with zero attached hydrogens (tertiary/aromatic N) is 6. The van der Waals surface area contributed by atoms with Gasteiger partial charge in [-0.05, 0) is 25.3 Å². The molecule has 0 saturated heterocycles. The van der Waals surface area contributed by atoms with Crippen LogP contribution in [0.5, 0.6) is 0 Å². The smallest absolute Gasteiger partial charge is 0.252 e. The summed E-state index contributed by atoms with van der Waals surface area (Å²) < 4.78 is 1.58. The highest BCUT2D eigenvalue weighted by Crippen LogP contribution is 2.20. The maximum absolute atomic E-state index is 9.44. The second kappa shape index (κ2) is 6.66. The van der Waals surface area contributed by atoms with Crippen molar-refractivity contribution in [1.29, 1.82) is 0 Å². The summed E-state index contributed by atoms with van der Waals surface area (Å²) in [5.41, 5.74) is 0.650. The van der Waals surface area contributed by atoms with Crippen LogP contribution in [0.4, 0.5) is 5.82 Å². The molecule has 8 heteroatoms. The lowest BCUT2D eigenvalue weighted by Gasteiger charge is -2.14. The highest BCUT2D eigenvalue weighted by Gasteiger charge is 2.13. The lowest BCUT2D eigenvalue weighted by Crippen LogP contribution is -2.17. The fraction of sp³-hybridized carbons (Fsp3) is 0.400. The Morgan fingerprint density at radius 1 is 1.17 bits per heavy atom. The minimum atomic E-state index is -0.310. The van der Waals surface area contributed by atoms with E-state index in [9.17, 15) is 5.11 Å². The third-order valence-electron chi connectivity index (χ3n) is 3.47. The molecule has 0 saturated carbocycles. The molecule has 8 nitrogen and oxygen atoms in total. The molecular weight excluding hydrogens is 294 g/mol. The molecule has 23 heavy (non-hydrogen) atoms. The highest BCUT2D eigenvalue weighted by molar-refractivity contribution is 5.86. The third kappa shape index (κ3) is 3.42. The number of hydrogen-bond donors (Lipinski definition) is 2. The van der Waals surface area contributed by atoms with Gasteiger partial charge in [0.1, 0.15) is 12.1 Å². The lowest BCUT2D eigenvalue weighted by molar-refractivity contribution is 0.166. The van der Waals surface area contributed by atoms with Gasteiger partial charge in [-0.1, -0.05) is 6.92 Å². The van der Waals surface area contributed by atoms with Gasteiger partial charge in [0.15, 0.2) is 5.65 Å². The lowest BCUT2D eigenvalue weighted by atomic mass is 10.0. The van der Waals surface area contributed by atoms with Crippen molar-refractivity contribution < 1.29 is 5.11 Å². The first-order valence-corrected chi connectivity index (χ1v) is 7.53. The number of aliphatic hydroxyl groups excluding tert-OH is 1. The van der Waals surface area contributed by atoms with Crippen LogP contribution in [0.1, 0.15) is 20.3 Å². The molecule has 2 unspecified atom stereocenters. The van der Waals surface area contributed by atoms with Crippen LogP contribution in [0.15, 0.2) is 31.0 Å². The zero-order valence-electron chi connectivity index (χ0n) is 13.1. The Labute approximate surface area is 133 Å². The van der Waals surface area contributed by atoms with E-state index in [2.05, 4.69) is 37.3 Å². The van der Waals surface area contributed by atoms with Gasteiger partial charge < -0.3 is 10.4 Å². The van der Waals surface area contributed by atoms with Crippen molar-refractivity contribution in [2.45, 2.75) is 26.4 Å². The SMILES string of the molecule is CC(O)CC(C)CNc1ncnc2c1cnn2-c1ncccn1. The maximum Gasteiger partial charge on any atom is 0.252 e. The molecule has 3 heterocycles. The van der Waals surface area contributed by atoms with Crippen molar-refractivity contribution in [3.05, 3.63) is 31.0 Å². The molecule has 0 aliphatic carbocycles. The molecule has 0 fully saturated rings.